The van der Waals surface area contributed by atoms with Crippen molar-refractivity contribution in [3.8, 4) is 0 Å². The molecule has 0 aliphatic heterocycles. The molecular weight excluding hydrogens is 404 g/mol. The van der Waals surface area contributed by atoms with E-state index in [1.165, 1.54) is 18.9 Å². The lowest BCUT2D eigenvalue weighted by atomic mass is 10.1. The van der Waals surface area contributed by atoms with Gasteiger partial charge in [-0.15, -0.1) is 10.2 Å². The highest BCUT2D eigenvalue weighted by Crippen LogP contribution is 2.40. The summed E-state index contributed by atoms with van der Waals surface area (Å²) in [5.41, 5.74) is 2.06. The molecule has 0 amide bonds. The van der Waals surface area contributed by atoms with Crippen molar-refractivity contribution in [3.63, 3.8) is 0 Å². The summed E-state index contributed by atoms with van der Waals surface area (Å²) in [6.45, 7) is 5.88. The van der Waals surface area contributed by atoms with Crippen LogP contribution < -0.4 is 0 Å². The Hall–Kier alpha value is -2.81. The summed E-state index contributed by atoms with van der Waals surface area (Å²) < 4.78 is 12.4. The molecule has 0 saturated heterocycles. The van der Waals surface area contributed by atoms with E-state index in [0.717, 1.165) is 24.4 Å². The number of furan rings is 1. The molecule has 9 heteroatoms. The van der Waals surface area contributed by atoms with E-state index >= 15 is 0 Å². The molecule has 1 N–H and O–H groups in total. The van der Waals surface area contributed by atoms with Crippen molar-refractivity contribution in [2.75, 3.05) is 7.11 Å². The highest BCUT2D eigenvalue weighted by Gasteiger charge is 2.32. The molecule has 1 aliphatic carbocycles. The zero-order chi connectivity index (χ0) is 21.4. The second-order valence-electron chi connectivity index (χ2n) is 7.52. The Kier molecular flexibility index (Phi) is 5.55. The van der Waals surface area contributed by atoms with Crippen LogP contribution in [0.15, 0.2) is 28.0 Å². The van der Waals surface area contributed by atoms with Crippen LogP contribution in [0, 0.1) is 13.8 Å². The van der Waals surface area contributed by atoms with E-state index in [-0.39, 0.29) is 5.78 Å². The predicted octanol–water partition coefficient (Wildman–Crippen LogP) is 3.89. The third-order valence-electron chi connectivity index (χ3n) is 5.31. The zero-order valence-corrected chi connectivity index (χ0v) is 18.2. The lowest BCUT2D eigenvalue weighted by molar-refractivity contribution is 0.0599. The first-order valence-corrected chi connectivity index (χ1v) is 10.7. The number of nitrogens with one attached hydrogen (secondary N) is 1. The number of methoxy groups -OCH3 is 1. The van der Waals surface area contributed by atoms with Gasteiger partial charge in [-0.2, -0.15) is 0 Å². The molecule has 3 heterocycles. The fraction of sp³-hybridized carbons (Fsp3) is 0.429. The van der Waals surface area contributed by atoms with Crippen LogP contribution in [0.5, 0.6) is 0 Å². The first kappa shape index (κ1) is 20.5. The van der Waals surface area contributed by atoms with E-state index in [1.54, 1.807) is 20.1 Å². The minimum atomic E-state index is -0.451. The Morgan fingerprint density at radius 3 is 2.77 bits per heavy atom. The molecule has 30 heavy (non-hydrogen) atoms. The minimum absolute atomic E-state index is 0.101. The maximum atomic E-state index is 13.1. The van der Waals surface area contributed by atoms with Crippen molar-refractivity contribution in [1.82, 2.24) is 19.7 Å². The highest BCUT2D eigenvalue weighted by atomic mass is 32.2. The molecule has 0 radical (unpaired) electrons. The molecule has 0 aromatic carbocycles. The van der Waals surface area contributed by atoms with Gasteiger partial charge in [-0.3, -0.25) is 9.36 Å². The molecule has 1 unspecified atom stereocenters. The number of esters is 1. The van der Waals surface area contributed by atoms with Crippen molar-refractivity contribution >= 4 is 23.5 Å². The number of carbonyl (C=O) groups is 2. The molecule has 1 saturated carbocycles. The second-order valence-corrected chi connectivity index (χ2v) is 8.83. The van der Waals surface area contributed by atoms with E-state index in [9.17, 15) is 9.59 Å². The normalized spacial score (nSPS) is 14.7. The summed E-state index contributed by atoms with van der Waals surface area (Å²) in [7, 11) is 1.33. The summed E-state index contributed by atoms with van der Waals surface area (Å²) in [6.07, 6.45) is 3.85. The number of aromatic amines is 1. The Balaban J connectivity index is 1.58. The average molecular weight is 429 g/mol. The molecule has 0 bridgehead atoms. The summed E-state index contributed by atoms with van der Waals surface area (Å²) >= 11 is 1.36. The van der Waals surface area contributed by atoms with Crippen molar-refractivity contribution in [2.45, 2.75) is 56.5 Å². The molecule has 158 valence electrons. The molecule has 3 aromatic rings. The molecule has 1 fully saturated rings. The van der Waals surface area contributed by atoms with Crippen LogP contribution >= 0.6 is 11.8 Å². The molecule has 4 rings (SSSR count). The molecular formula is C21H24N4O4S. The van der Waals surface area contributed by atoms with Gasteiger partial charge in [-0.1, -0.05) is 11.8 Å². The minimum Gasteiger partial charge on any atom is -0.467 e. The molecule has 1 atom stereocenters. The topological polar surface area (TPSA) is 103 Å². The summed E-state index contributed by atoms with van der Waals surface area (Å²) in [5, 5.41) is 9.01. The van der Waals surface area contributed by atoms with Gasteiger partial charge in [0.1, 0.15) is 11.6 Å². The van der Waals surface area contributed by atoms with E-state index in [4.69, 9.17) is 9.15 Å². The summed E-state index contributed by atoms with van der Waals surface area (Å²) in [6, 6.07) is 3.77. The van der Waals surface area contributed by atoms with Crippen molar-refractivity contribution in [2.24, 2.45) is 0 Å². The highest BCUT2D eigenvalue weighted by molar-refractivity contribution is 8.00. The van der Waals surface area contributed by atoms with Gasteiger partial charge >= 0.3 is 5.97 Å². The van der Waals surface area contributed by atoms with Crippen molar-refractivity contribution in [3.05, 3.63) is 52.5 Å². The van der Waals surface area contributed by atoms with Crippen LogP contribution in [-0.2, 0) is 11.3 Å². The van der Waals surface area contributed by atoms with Crippen LogP contribution in [-0.4, -0.2) is 43.9 Å². The Morgan fingerprint density at radius 2 is 2.13 bits per heavy atom. The van der Waals surface area contributed by atoms with Crippen LogP contribution in [0.3, 0.4) is 0 Å². The fourth-order valence-corrected chi connectivity index (χ4v) is 4.47. The van der Waals surface area contributed by atoms with Gasteiger partial charge < -0.3 is 14.1 Å². The number of ether oxygens (including phenoxy) is 1. The van der Waals surface area contributed by atoms with Gasteiger partial charge in [-0.25, -0.2) is 4.79 Å². The number of Topliss-reactive ketones (excluding diaryl/α,β-unsaturated/α-hetero) is 1. The van der Waals surface area contributed by atoms with Gasteiger partial charge in [0.05, 0.1) is 36.4 Å². The molecule has 0 spiro atoms. The third-order valence-corrected chi connectivity index (χ3v) is 6.39. The van der Waals surface area contributed by atoms with Gasteiger partial charge in [0.15, 0.2) is 10.9 Å². The maximum Gasteiger partial charge on any atom is 0.339 e. The van der Waals surface area contributed by atoms with E-state index in [0.29, 0.717) is 40.1 Å². The molecule has 3 aromatic heterocycles. The zero-order valence-electron chi connectivity index (χ0n) is 17.4. The van der Waals surface area contributed by atoms with E-state index in [1.807, 2.05) is 23.6 Å². The Labute approximate surface area is 178 Å². The Bertz CT molecular complexity index is 1080. The summed E-state index contributed by atoms with van der Waals surface area (Å²) in [4.78, 5) is 28.2. The smallest absolute Gasteiger partial charge is 0.339 e. The van der Waals surface area contributed by atoms with E-state index in [2.05, 4.69) is 15.2 Å². The van der Waals surface area contributed by atoms with Gasteiger partial charge in [0.25, 0.3) is 0 Å². The number of rotatable bonds is 8. The lowest BCUT2D eigenvalue weighted by Gasteiger charge is -2.12. The third kappa shape index (κ3) is 3.81. The van der Waals surface area contributed by atoms with Crippen molar-refractivity contribution in [1.29, 1.82) is 0 Å². The van der Waals surface area contributed by atoms with Gasteiger partial charge in [-0.05, 0) is 51.3 Å². The monoisotopic (exact) mass is 428 g/mol. The van der Waals surface area contributed by atoms with Crippen LogP contribution in [0.1, 0.15) is 69.4 Å². The van der Waals surface area contributed by atoms with Crippen LogP contribution in [0.2, 0.25) is 0 Å². The number of H-pyrrole nitrogens is 1. The summed E-state index contributed by atoms with van der Waals surface area (Å²) in [5.74, 6) is 1.62. The first-order valence-electron chi connectivity index (χ1n) is 9.84. The van der Waals surface area contributed by atoms with Gasteiger partial charge in [0.2, 0.25) is 0 Å². The standard InChI is InChI=1S/C21H24N4O4S/c1-11-16(20(27)28-4)12(2)22-17(11)18(26)13(3)30-21-24-23-19(14-7-8-14)25(21)10-15-6-5-9-29-15/h5-6,9,13-14,22H,7-8,10H2,1-4H3. The Morgan fingerprint density at radius 1 is 1.37 bits per heavy atom. The predicted molar refractivity (Wildman–Crippen MR) is 111 cm³/mol. The van der Waals surface area contributed by atoms with Gasteiger partial charge in [0, 0.05) is 11.6 Å². The number of hydrogen-bond acceptors (Lipinski definition) is 7. The first-order chi connectivity index (χ1) is 14.4. The maximum absolute atomic E-state index is 13.1. The fourth-order valence-electron chi connectivity index (χ4n) is 3.56. The number of aromatic nitrogens is 4. The molecule has 8 nitrogen and oxygen atoms in total. The average Bonchev–Trinajstić information content (AvgIpc) is 3.16. The largest absolute Gasteiger partial charge is 0.467 e. The van der Waals surface area contributed by atoms with Crippen LogP contribution in [0.4, 0.5) is 0 Å². The number of hydrogen-bond donors (Lipinski definition) is 1. The second kappa shape index (κ2) is 8.14. The number of nitrogens with zero attached hydrogens (tertiary/aromatic N) is 3. The SMILES string of the molecule is COC(=O)c1c(C)[nH]c(C(=O)C(C)Sc2nnc(C3CC3)n2Cc2ccco2)c1C. The lowest BCUT2D eigenvalue weighted by Crippen LogP contribution is -2.17. The quantitative estimate of drug-likeness (QED) is 0.330. The van der Waals surface area contributed by atoms with E-state index < -0.39 is 11.2 Å². The van der Waals surface area contributed by atoms with Crippen molar-refractivity contribution < 1.29 is 18.7 Å². The number of carbonyl (C=O) groups excluding carboxylic acids is 2. The number of aryl methyl sites for hydroxylation is 1. The number of ketones is 1. The van der Waals surface area contributed by atoms with Crippen LogP contribution in [0.25, 0.3) is 0 Å². The molecule has 1 aliphatic rings. The number of thioether (sulfide) groups is 1.